The van der Waals surface area contributed by atoms with Crippen LogP contribution in [0.15, 0.2) is 29.2 Å². The molecule has 1 aromatic rings. The van der Waals surface area contributed by atoms with Crippen molar-refractivity contribution in [2.24, 2.45) is 5.41 Å². The van der Waals surface area contributed by atoms with Crippen LogP contribution in [0.5, 0.6) is 0 Å². The third kappa shape index (κ3) is 2.95. The maximum atomic E-state index is 12.7. The fourth-order valence-corrected chi connectivity index (χ4v) is 4.75. The molecule has 112 valence electrons. The molecule has 0 saturated carbocycles. The number of hydrogen-bond acceptors (Lipinski definition) is 2. The van der Waals surface area contributed by atoms with Crippen molar-refractivity contribution in [1.29, 1.82) is 0 Å². The summed E-state index contributed by atoms with van der Waals surface area (Å²) in [7, 11) is -3.34. The highest BCUT2D eigenvalue weighted by Gasteiger charge is 2.40. The lowest BCUT2D eigenvalue weighted by molar-refractivity contribution is 0.279. The van der Waals surface area contributed by atoms with E-state index in [0.717, 1.165) is 30.2 Å². The van der Waals surface area contributed by atoms with Gasteiger partial charge < -0.3 is 0 Å². The number of benzene rings is 1. The molecule has 1 fully saturated rings. The van der Waals surface area contributed by atoms with E-state index in [9.17, 15) is 8.42 Å². The Morgan fingerprint density at radius 3 is 2.25 bits per heavy atom. The van der Waals surface area contributed by atoms with Gasteiger partial charge in [-0.25, -0.2) is 8.42 Å². The van der Waals surface area contributed by atoms with Crippen LogP contribution >= 0.6 is 15.9 Å². The van der Waals surface area contributed by atoms with Crippen molar-refractivity contribution >= 4 is 26.0 Å². The third-order valence-corrected chi connectivity index (χ3v) is 7.13. The summed E-state index contributed by atoms with van der Waals surface area (Å²) in [5.74, 6) is 0. The number of hydrogen-bond donors (Lipinski definition) is 0. The van der Waals surface area contributed by atoms with E-state index in [1.54, 1.807) is 16.4 Å². The van der Waals surface area contributed by atoms with Gasteiger partial charge in [-0.15, -0.1) is 0 Å². The van der Waals surface area contributed by atoms with Crippen molar-refractivity contribution in [3.63, 3.8) is 0 Å². The summed E-state index contributed by atoms with van der Waals surface area (Å²) in [6.45, 7) is 5.61. The normalized spacial score (nSPS) is 19.4. The molecule has 0 atom stereocenters. The zero-order valence-electron chi connectivity index (χ0n) is 12.1. The molecule has 5 heteroatoms. The fraction of sp³-hybridized carbons (Fsp3) is 0.600. The zero-order chi connectivity index (χ0) is 14.8. The van der Waals surface area contributed by atoms with Gasteiger partial charge in [-0.3, -0.25) is 0 Å². The summed E-state index contributed by atoms with van der Waals surface area (Å²) >= 11 is 3.37. The van der Waals surface area contributed by atoms with Crippen LogP contribution in [0, 0.1) is 5.41 Å². The first kappa shape index (κ1) is 16.0. The molecule has 1 aliphatic rings. The molecule has 1 heterocycles. The molecule has 0 amide bonds. The van der Waals surface area contributed by atoms with Crippen LogP contribution in [0.25, 0.3) is 0 Å². The molecule has 0 aromatic heterocycles. The summed E-state index contributed by atoms with van der Waals surface area (Å²) in [5.41, 5.74) is 1.25. The van der Waals surface area contributed by atoms with Crippen LogP contribution < -0.4 is 0 Å². The summed E-state index contributed by atoms with van der Waals surface area (Å²) in [4.78, 5) is 0.408. The molecule has 0 radical (unpaired) electrons. The first-order valence-corrected chi connectivity index (χ1v) is 9.68. The van der Waals surface area contributed by atoms with E-state index in [2.05, 4.69) is 29.8 Å². The van der Waals surface area contributed by atoms with Gasteiger partial charge >= 0.3 is 0 Å². The molecule has 0 aliphatic carbocycles. The van der Waals surface area contributed by atoms with Gasteiger partial charge in [0.2, 0.25) is 10.0 Å². The molecule has 0 N–H and O–H groups in total. The minimum absolute atomic E-state index is 0.170. The number of alkyl halides is 1. The van der Waals surface area contributed by atoms with Crippen LogP contribution in [0.4, 0.5) is 0 Å². The fourth-order valence-electron chi connectivity index (χ4n) is 2.83. The molecule has 3 nitrogen and oxygen atoms in total. The largest absolute Gasteiger partial charge is 0.243 e. The van der Waals surface area contributed by atoms with Gasteiger partial charge in [0, 0.05) is 18.4 Å². The van der Waals surface area contributed by atoms with Crippen LogP contribution in [0.2, 0.25) is 0 Å². The van der Waals surface area contributed by atoms with Crippen molar-refractivity contribution in [2.75, 3.05) is 13.1 Å². The van der Waals surface area contributed by atoms with Gasteiger partial charge in [0.25, 0.3) is 0 Å². The van der Waals surface area contributed by atoms with Gasteiger partial charge in [-0.1, -0.05) is 41.9 Å². The summed E-state index contributed by atoms with van der Waals surface area (Å²) in [6.07, 6.45) is 3.05. The Labute approximate surface area is 130 Å². The molecule has 0 spiro atoms. The first-order valence-electron chi connectivity index (χ1n) is 7.12. The van der Waals surface area contributed by atoms with Gasteiger partial charge in [-0.2, -0.15) is 4.31 Å². The molecule has 1 aromatic carbocycles. The first-order chi connectivity index (χ1) is 9.47. The standard InChI is InChI=1S/C15H22BrNO2S/c1-3-15(4-2)9-10-17(12-15)20(18,19)14-7-5-13(11-16)6-8-14/h5-8H,3-4,9-12H2,1-2H3. The second-order valence-corrected chi connectivity index (χ2v) is 8.07. The Morgan fingerprint density at radius 2 is 1.80 bits per heavy atom. The van der Waals surface area contributed by atoms with Crippen LogP contribution in [0.1, 0.15) is 38.7 Å². The Bertz CT molecular complexity index is 550. The molecule has 1 aliphatic heterocycles. The Morgan fingerprint density at radius 1 is 1.20 bits per heavy atom. The zero-order valence-corrected chi connectivity index (χ0v) is 14.5. The average molecular weight is 360 g/mol. The highest BCUT2D eigenvalue weighted by atomic mass is 79.9. The van der Waals surface area contributed by atoms with Gasteiger partial charge in [0.15, 0.2) is 0 Å². The SMILES string of the molecule is CCC1(CC)CCN(S(=O)(=O)c2ccc(CBr)cc2)C1. The van der Waals surface area contributed by atoms with E-state index < -0.39 is 10.0 Å². The van der Waals surface area contributed by atoms with E-state index in [0.29, 0.717) is 18.0 Å². The maximum absolute atomic E-state index is 12.7. The lowest BCUT2D eigenvalue weighted by atomic mass is 9.82. The van der Waals surface area contributed by atoms with E-state index in [-0.39, 0.29) is 5.41 Å². The van der Waals surface area contributed by atoms with E-state index in [1.807, 2.05) is 12.1 Å². The van der Waals surface area contributed by atoms with Gasteiger partial charge in [0.1, 0.15) is 0 Å². The number of halogens is 1. The molecular formula is C15H22BrNO2S. The number of nitrogens with zero attached hydrogens (tertiary/aromatic N) is 1. The number of sulfonamides is 1. The summed E-state index contributed by atoms with van der Waals surface area (Å²) < 4.78 is 27.0. The smallest absolute Gasteiger partial charge is 0.207 e. The van der Waals surface area contributed by atoms with Crippen molar-refractivity contribution in [1.82, 2.24) is 4.31 Å². The maximum Gasteiger partial charge on any atom is 0.243 e. The lowest BCUT2D eigenvalue weighted by Gasteiger charge is -2.26. The summed E-state index contributed by atoms with van der Waals surface area (Å²) in [6, 6.07) is 7.16. The molecule has 0 bridgehead atoms. The second kappa shape index (κ2) is 6.16. The molecule has 2 rings (SSSR count). The predicted molar refractivity (Wildman–Crippen MR) is 85.5 cm³/mol. The summed E-state index contributed by atoms with van der Waals surface area (Å²) in [5, 5.41) is 0.742. The molecule has 1 saturated heterocycles. The van der Waals surface area contributed by atoms with Gasteiger partial charge in [0.05, 0.1) is 4.90 Å². The van der Waals surface area contributed by atoms with E-state index >= 15 is 0 Å². The van der Waals surface area contributed by atoms with E-state index in [1.165, 1.54) is 0 Å². The molecular weight excluding hydrogens is 338 g/mol. The highest BCUT2D eigenvalue weighted by Crippen LogP contribution is 2.39. The van der Waals surface area contributed by atoms with Crippen LogP contribution in [-0.4, -0.2) is 25.8 Å². The molecule has 20 heavy (non-hydrogen) atoms. The topological polar surface area (TPSA) is 37.4 Å². The third-order valence-electron chi connectivity index (χ3n) is 4.62. The minimum atomic E-state index is -3.34. The second-order valence-electron chi connectivity index (χ2n) is 5.57. The molecule has 0 unspecified atom stereocenters. The van der Waals surface area contributed by atoms with Crippen molar-refractivity contribution in [3.05, 3.63) is 29.8 Å². The predicted octanol–water partition coefficient (Wildman–Crippen LogP) is 3.78. The van der Waals surface area contributed by atoms with Crippen LogP contribution in [-0.2, 0) is 15.4 Å². The van der Waals surface area contributed by atoms with Gasteiger partial charge in [-0.05, 0) is 42.4 Å². The monoisotopic (exact) mass is 359 g/mol. The van der Waals surface area contributed by atoms with Crippen molar-refractivity contribution in [3.8, 4) is 0 Å². The lowest BCUT2D eigenvalue weighted by Crippen LogP contribution is -2.31. The van der Waals surface area contributed by atoms with Crippen molar-refractivity contribution < 1.29 is 8.42 Å². The Balaban J connectivity index is 2.23. The Kier molecular flexibility index (Phi) is 4.92. The quantitative estimate of drug-likeness (QED) is 0.750. The van der Waals surface area contributed by atoms with Crippen molar-refractivity contribution in [2.45, 2.75) is 43.3 Å². The minimum Gasteiger partial charge on any atom is -0.207 e. The average Bonchev–Trinajstić information content (AvgIpc) is 2.93. The van der Waals surface area contributed by atoms with E-state index in [4.69, 9.17) is 0 Å². The van der Waals surface area contributed by atoms with Crippen LogP contribution in [0.3, 0.4) is 0 Å². The number of rotatable bonds is 5. The highest BCUT2D eigenvalue weighted by molar-refractivity contribution is 9.08. The Hall–Kier alpha value is -0.390.